The van der Waals surface area contributed by atoms with Crippen LogP contribution in [0.5, 0.6) is 0 Å². The van der Waals surface area contributed by atoms with Crippen LogP contribution in [0.15, 0.2) is 37.0 Å². The fourth-order valence-electron chi connectivity index (χ4n) is 3.84. The van der Waals surface area contributed by atoms with Gasteiger partial charge >= 0.3 is 11.9 Å². The van der Waals surface area contributed by atoms with Crippen LogP contribution >= 0.6 is 0 Å². The molecule has 1 saturated carbocycles. The van der Waals surface area contributed by atoms with Gasteiger partial charge in [-0.3, -0.25) is 4.79 Å². The Hall–Kier alpha value is -1.92. The summed E-state index contributed by atoms with van der Waals surface area (Å²) in [6.45, 7) is 14.5. The molecule has 2 fully saturated rings. The first-order valence-electron chi connectivity index (χ1n) is 8.33. The molecule has 6 atom stereocenters. The molecule has 1 heterocycles. The maximum absolute atomic E-state index is 12.2. The van der Waals surface area contributed by atoms with Crippen molar-refractivity contribution >= 4 is 11.9 Å². The van der Waals surface area contributed by atoms with Crippen molar-refractivity contribution in [1.29, 1.82) is 0 Å². The largest absolute Gasteiger partial charge is 0.461 e. The van der Waals surface area contributed by atoms with E-state index in [1.165, 1.54) is 0 Å². The van der Waals surface area contributed by atoms with Gasteiger partial charge in [-0.2, -0.15) is 0 Å². The minimum atomic E-state index is -0.662. The minimum Gasteiger partial charge on any atom is -0.461 e. The fourth-order valence-corrected chi connectivity index (χ4v) is 3.84. The molecular formula is C19H26O6. The average molecular weight is 350 g/mol. The Labute approximate surface area is 147 Å². The monoisotopic (exact) mass is 350 g/mol. The summed E-state index contributed by atoms with van der Waals surface area (Å²) in [7, 11) is 0. The van der Waals surface area contributed by atoms with Gasteiger partial charge in [-0.25, -0.2) is 4.79 Å². The number of carbonyl (C=O) groups excluding carboxylic acids is 2. The summed E-state index contributed by atoms with van der Waals surface area (Å²) in [5.41, 5.74) is 0.203. The van der Waals surface area contributed by atoms with E-state index in [9.17, 15) is 14.7 Å². The van der Waals surface area contributed by atoms with E-state index in [-0.39, 0.29) is 24.7 Å². The van der Waals surface area contributed by atoms with Crippen LogP contribution in [0.3, 0.4) is 0 Å². The molecule has 0 amide bonds. The van der Waals surface area contributed by atoms with Gasteiger partial charge in [-0.05, 0) is 24.3 Å². The second kappa shape index (κ2) is 7.14. The number of hydrogen-bond donors (Lipinski definition) is 2. The van der Waals surface area contributed by atoms with E-state index < -0.39 is 41.4 Å². The quantitative estimate of drug-likeness (QED) is 0.427. The van der Waals surface area contributed by atoms with Gasteiger partial charge in [0.25, 0.3) is 0 Å². The first-order valence-corrected chi connectivity index (χ1v) is 8.33. The standard InChI is InChI=1S/C19H26O6/c1-6-19(5)7-13(24-17(22)11(3)9-21)14-12(4)18(23)25-16(14)15(19)10(2)8-20/h6,11,13-16,20-21H,1-2,4,7-9H2,3,5H3/t11-,13-,14+,15+,16-,19-/m0/s1. The normalized spacial score (nSPS) is 35.5. The van der Waals surface area contributed by atoms with Gasteiger partial charge < -0.3 is 19.7 Å². The maximum atomic E-state index is 12.2. The Morgan fingerprint density at radius 1 is 1.52 bits per heavy atom. The lowest BCUT2D eigenvalue weighted by molar-refractivity contribution is -0.167. The van der Waals surface area contributed by atoms with E-state index in [4.69, 9.17) is 14.6 Å². The maximum Gasteiger partial charge on any atom is 0.334 e. The molecule has 6 heteroatoms. The molecule has 2 rings (SSSR count). The number of rotatable bonds is 6. The molecule has 6 nitrogen and oxygen atoms in total. The highest BCUT2D eigenvalue weighted by atomic mass is 16.6. The number of carbonyl (C=O) groups is 2. The lowest BCUT2D eigenvalue weighted by Gasteiger charge is -2.48. The second-order valence-electron chi connectivity index (χ2n) is 7.19. The minimum absolute atomic E-state index is 0.243. The van der Waals surface area contributed by atoms with E-state index in [0.29, 0.717) is 12.0 Å². The highest BCUT2D eigenvalue weighted by Crippen LogP contribution is 2.53. The van der Waals surface area contributed by atoms with E-state index in [2.05, 4.69) is 19.7 Å². The molecule has 1 aliphatic carbocycles. The van der Waals surface area contributed by atoms with E-state index in [1.807, 2.05) is 6.92 Å². The number of hydrogen-bond acceptors (Lipinski definition) is 6. The van der Waals surface area contributed by atoms with E-state index >= 15 is 0 Å². The van der Waals surface area contributed by atoms with Crippen LogP contribution in [0.2, 0.25) is 0 Å². The van der Waals surface area contributed by atoms with Crippen LogP contribution in [0.25, 0.3) is 0 Å². The summed E-state index contributed by atoms with van der Waals surface area (Å²) in [6, 6.07) is 0. The number of ether oxygens (including phenoxy) is 2. The van der Waals surface area contributed by atoms with Crippen LogP contribution in [0.1, 0.15) is 20.3 Å². The van der Waals surface area contributed by atoms with Crippen molar-refractivity contribution in [2.75, 3.05) is 13.2 Å². The summed E-state index contributed by atoms with van der Waals surface area (Å²) in [5.74, 6) is -2.60. The molecule has 0 aromatic rings. The number of fused-ring (bicyclic) bond motifs is 1. The Bertz CT molecular complexity index is 609. The predicted octanol–water partition coefficient (Wildman–Crippen LogP) is 1.39. The van der Waals surface area contributed by atoms with Crippen LogP contribution in [-0.4, -0.2) is 47.6 Å². The molecule has 2 N–H and O–H groups in total. The van der Waals surface area contributed by atoms with Crippen LogP contribution < -0.4 is 0 Å². The molecule has 25 heavy (non-hydrogen) atoms. The molecule has 0 aromatic heterocycles. The van der Waals surface area contributed by atoms with Crippen molar-refractivity contribution in [2.45, 2.75) is 32.5 Å². The van der Waals surface area contributed by atoms with Crippen LogP contribution in [-0.2, 0) is 19.1 Å². The lowest BCUT2D eigenvalue weighted by Crippen LogP contribution is -2.52. The van der Waals surface area contributed by atoms with Crippen molar-refractivity contribution in [3.05, 3.63) is 37.0 Å². The fraction of sp³-hybridized carbons (Fsp3) is 0.579. The Balaban J connectivity index is 2.41. The number of aliphatic hydroxyl groups is 2. The zero-order chi connectivity index (χ0) is 18.9. The number of aliphatic hydroxyl groups excluding tert-OH is 2. The van der Waals surface area contributed by atoms with Crippen molar-refractivity contribution < 1.29 is 29.3 Å². The molecule has 1 aliphatic heterocycles. The highest BCUT2D eigenvalue weighted by Gasteiger charge is 2.58. The second-order valence-corrected chi connectivity index (χ2v) is 7.19. The molecular weight excluding hydrogens is 324 g/mol. The van der Waals surface area contributed by atoms with Gasteiger partial charge in [0.1, 0.15) is 12.2 Å². The van der Waals surface area contributed by atoms with Crippen molar-refractivity contribution in [3.8, 4) is 0 Å². The predicted molar refractivity (Wildman–Crippen MR) is 91.3 cm³/mol. The molecule has 0 unspecified atom stereocenters. The Morgan fingerprint density at radius 3 is 2.68 bits per heavy atom. The Kier molecular flexibility index (Phi) is 5.54. The van der Waals surface area contributed by atoms with Crippen molar-refractivity contribution in [2.24, 2.45) is 23.2 Å². The molecule has 0 aromatic carbocycles. The number of allylic oxidation sites excluding steroid dienone is 1. The third-order valence-corrected chi connectivity index (χ3v) is 5.40. The van der Waals surface area contributed by atoms with Gasteiger partial charge in [0.2, 0.25) is 0 Å². The van der Waals surface area contributed by atoms with Crippen molar-refractivity contribution in [1.82, 2.24) is 0 Å². The van der Waals surface area contributed by atoms with Gasteiger partial charge in [-0.1, -0.05) is 26.2 Å². The van der Waals surface area contributed by atoms with Crippen LogP contribution in [0, 0.1) is 23.2 Å². The van der Waals surface area contributed by atoms with Gasteiger partial charge in [0.05, 0.1) is 25.0 Å². The number of esters is 2. The smallest absolute Gasteiger partial charge is 0.334 e. The highest BCUT2D eigenvalue weighted by molar-refractivity contribution is 5.91. The Morgan fingerprint density at radius 2 is 2.16 bits per heavy atom. The molecule has 1 saturated heterocycles. The SMILES string of the molecule is C=C[C@@]1(C)C[C@H](OC(=O)[C@@H](C)CO)[C@H]2C(=C)C(=O)O[C@@H]2[C@H]1C(=C)CO. The van der Waals surface area contributed by atoms with Gasteiger partial charge in [-0.15, -0.1) is 6.58 Å². The van der Waals surface area contributed by atoms with Crippen LogP contribution in [0.4, 0.5) is 0 Å². The summed E-state index contributed by atoms with van der Waals surface area (Å²) >= 11 is 0. The topological polar surface area (TPSA) is 93.1 Å². The molecule has 0 bridgehead atoms. The van der Waals surface area contributed by atoms with Gasteiger partial charge in [0.15, 0.2) is 0 Å². The zero-order valence-electron chi connectivity index (χ0n) is 14.7. The molecule has 0 spiro atoms. The van der Waals surface area contributed by atoms with E-state index in [1.54, 1.807) is 13.0 Å². The summed E-state index contributed by atoms with van der Waals surface area (Å²) in [4.78, 5) is 24.3. The first kappa shape index (κ1) is 19.4. The third kappa shape index (κ3) is 3.28. The molecule has 2 aliphatic rings. The third-order valence-electron chi connectivity index (χ3n) is 5.40. The summed E-state index contributed by atoms with van der Waals surface area (Å²) in [5, 5.41) is 18.7. The lowest BCUT2D eigenvalue weighted by atomic mass is 9.59. The average Bonchev–Trinajstić information content (AvgIpc) is 2.88. The van der Waals surface area contributed by atoms with E-state index in [0.717, 1.165) is 0 Å². The van der Waals surface area contributed by atoms with Gasteiger partial charge in [0, 0.05) is 11.5 Å². The summed E-state index contributed by atoms with van der Waals surface area (Å²) in [6.07, 6.45) is 0.857. The molecule has 138 valence electrons. The summed E-state index contributed by atoms with van der Waals surface area (Å²) < 4.78 is 11.1. The van der Waals surface area contributed by atoms with Crippen molar-refractivity contribution in [3.63, 3.8) is 0 Å². The zero-order valence-corrected chi connectivity index (χ0v) is 14.7. The first-order chi connectivity index (χ1) is 11.7. The molecule has 0 radical (unpaired) electrons.